The number of methoxy groups -OCH3 is 1. The first-order valence-corrected chi connectivity index (χ1v) is 4.53. The number of benzene rings is 1. The molecule has 2 heteroatoms. The van der Waals surface area contributed by atoms with E-state index in [9.17, 15) is 0 Å². The summed E-state index contributed by atoms with van der Waals surface area (Å²) >= 11 is 3.38. The summed E-state index contributed by atoms with van der Waals surface area (Å²) in [6.45, 7) is 0. The largest absolute Gasteiger partial charge is 0.497 e. The number of terminal acetylenes is 1. The molecule has 66 valence electrons. The Morgan fingerprint density at radius 1 is 1.46 bits per heavy atom. The summed E-state index contributed by atoms with van der Waals surface area (Å²) in [5.41, 5.74) is 1.02. The molecule has 0 saturated heterocycles. The van der Waals surface area contributed by atoms with Gasteiger partial charge < -0.3 is 4.74 Å². The molecule has 1 aromatic carbocycles. The summed E-state index contributed by atoms with van der Waals surface area (Å²) in [6, 6.07) is 5.78. The molecule has 13 heavy (non-hydrogen) atoms. The first kappa shape index (κ1) is 9.88. The molecule has 0 aliphatic heterocycles. The highest BCUT2D eigenvalue weighted by Crippen LogP contribution is 2.21. The molecule has 0 atom stereocenters. The SMILES string of the molecule is C#C/C=C/c1cc(Br)cc(OC)c1. The van der Waals surface area contributed by atoms with Crippen LogP contribution in [0.5, 0.6) is 5.75 Å². The highest BCUT2D eigenvalue weighted by molar-refractivity contribution is 9.10. The minimum absolute atomic E-state index is 0.811. The summed E-state index contributed by atoms with van der Waals surface area (Å²) in [5.74, 6) is 3.25. The van der Waals surface area contributed by atoms with Crippen LogP contribution < -0.4 is 4.74 Å². The van der Waals surface area contributed by atoms with Gasteiger partial charge in [0.05, 0.1) is 7.11 Å². The molecule has 0 bridgehead atoms. The van der Waals surface area contributed by atoms with Crippen LogP contribution in [0.2, 0.25) is 0 Å². The monoisotopic (exact) mass is 236 g/mol. The number of halogens is 1. The standard InChI is InChI=1S/C11H9BrO/c1-3-4-5-9-6-10(12)8-11(7-9)13-2/h1,4-8H,2H3/b5-4+. The van der Waals surface area contributed by atoms with Crippen LogP contribution in [0.15, 0.2) is 28.7 Å². The van der Waals surface area contributed by atoms with Crippen LogP contribution in [0.4, 0.5) is 0 Å². The van der Waals surface area contributed by atoms with E-state index >= 15 is 0 Å². The quantitative estimate of drug-likeness (QED) is 0.718. The molecule has 1 rings (SSSR count). The van der Waals surface area contributed by atoms with Crippen molar-refractivity contribution in [3.05, 3.63) is 34.3 Å². The lowest BCUT2D eigenvalue weighted by Crippen LogP contribution is -1.83. The zero-order chi connectivity index (χ0) is 9.68. The first-order chi connectivity index (χ1) is 6.26. The second kappa shape index (κ2) is 4.74. The summed E-state index contributed by atoms with van der Waals surface area (Å²) in [4.78, 5) is 0. The van der Waals surface area contributed by atoms with E-state index in [1.54, 1.807) is 13.2 Å². The molecule has 0 radical (unpaired) electrons. The molecule has 0 amide bonds. The minimum Gasteiger partial charge on any atom is -0.497 e. The maximum Gasteiger partial charge on any atom is 0.120 e. The third-order valence-corrected chi connectivity index (χ3v) is 1.96. The summed E-state index contributed by atoms with van der Waals surface area (Å²) in [6.07, 6.45) is 8.61. The third kappa shape index (κ3) is 2.96. The number of allylic oxidation sites excluding steroid dienone is 1. The van der Waals surface area contributed by atoms with Gasteiger partial charge in [0.1, 0.15) is 5.75 Å². The molecule has 0 saturated carbocycles. The minimum atomic E-state index is 0.811. The van der Waals surface area contributed by atoms with Crippen molar-refractivity contribution < 1.29 is 4.74 Å². The third-order valence-electron chi connectivity index (χ3n) is 1.50. The molecule has 0 fully saturated rings. The second-order valence-corrected chi connectivity index (χ2v) is 3.34. The molecule has 1 aromatic rings. The van der Waals surface area contributed by atoms with Crippen molar-refractivity contribution in [1.29, 1.82) is 0 Å². The van der Waals surface area contributed by atoms with Gasteiger partial charge in [-0.15, -0.1) is 6.42 Å². The lowest BCUT2D eigenvalue weighted by Gasteiger charge is -2.01. The van der Waals surface area contributed by atoms with E-state index in [4.69, 9.17) is 11.2 Å². The van der Waals surface area contributed by atoms with Gasteiger partial charge >= 0.3 is 0 Å². The smallest absolute Gasteiger partial charge is 0.120 e. The highest BCUT2D eigenvalue weighted by atomic mass is 79.9. The zero-order valence-corrected chi connectivity index (χ0v) is 8.84. The number of hydrogen-bond acceptors (Lipinski definition) is 1. The van der Waals surface area contributed by atoms with Crippen molar-refractivity contribution in [2.75, 3.05) is 7.11 Å². The Kier molecular flexibility index (Phi) is 3.60. The van der Waals surface area contributed by atoms with Crippen molar-refractivity contribution in [1.82, 2.24) is 0 Å². The Morgan fingerprint density at radius 3 is 2.85 bits per heavy atom. The van der Waals surface area contributed by atoms with Gasteiger partial charge in [-0.2, -0.15) is 0 Å². The Labute approximate surface area is 86.5 Å². The number of rotatable bonds is 2. The fourth-order valence-corrected chi connectivity index (χ4v) is 1.43. The van der Waals surface area contributed by atoms with Gasteiger partial charge in [0.15, 0.2) is 0 Å². The van der Waals surface area contributed by atoms with Crippen LogP contribution in [0.25, 0.3) is 6.08 Å². The Balaban J connectivity index is 3.03. The van der Waals surface area contributed by atoms with E-state index in [1.807, 2.05) is 24.3 Å². The van der Waals surface area contributed by atoms with E-state index < -0.39 is 0 Å². The molecule has 1 nitrogen and oxygen atoms in total. The van der Waals surface area contributed by atoms with Crippen LogP contribution in [-0.4, -0.2) is 7.11 Å². The predicted octanol–water partition coefficient (Wildman–Crippen LogP) is 3.10. The van der Waals surface area contributed by atoms with E-state index in [1.165, 1.54) is 0 Å². The van der Waals surface area contributed by atoms with E-state index in [2.05, 4.69) is 21.9 Å². The lowest BCUT2D eigenvalue weighted by molar-refractivity contribution is 0.414. The summed E-state index contributed by atoms with van der Waals surface area (Å²) in [7, 11) is 1.64. The van der Waals surface area contributed by atoms with Crippen LogP contribution in [0, 0.1) is 12.3 Å². The lowest BCUT2D eigenvalue weighted by atomic mass is 10.2. The molecule has 0 spiro atoms. The predicted molar refractivity (Wildman–Crippen MR) is 58.6 cm³/mol. The molecule has 0 aliphatic carbocycles. The van der Waals surface area contributed by atoms with Gasteiger partial charge in [0.2, 0.25) is 0 Å². The molecule has 0 unspecified atom stereocenters. The van der Waals surface area contributed by atoms with Crippen LogP contribution in [-0.2, 0) is 0 Å². The van der Waals surface area contributed by atoms with Crippen molar-refractivity contribution in [3.8, 4) is 18.1 Å². The number of ether oxygens (including phenoxy) is 1. The van der Waals surface area contributed by atoms with Gasteiger partial charge in [-0.25, -0.2) is 0 Å². The van der Waals surface area contributed by atoms with Crippen molar-refractivity contribution in [3.63, 3.8) is 0 Å². The fourth-order valence-electron chi connectivity index (χ4n) is 0.943. The van der Waals surface area contributed by atoms with Gasteiger partial charge in [-0.3, -0.25) is 0 Å². The molecule has 0 aromatic heterocycles. The maximum atomic E-state index is 5.11. The maximum absolute atomic E-state index is 5.11. The Morgan fingerprint density at radius 2 is 2.23 bits per heavy atom. The zero-order valence-electron chi connectivity index (χ0n) is 7.25. The van der Waals surface area contributed by atoms with Crippen molar-refractivity contribution in [2.24, 2.45) is 0 Å². The summed E-state index contributed by atoms with van der Waals surface area (Å²) in [5, 5.41) is 0. The molecular weight excluding hydrogens is 228 g/mol. The topological polar surface area (TPSA) is 9.23 Å². The van der Waals surface area contributed by atoms with Crippen LogP contribution in [0.3, 0.4) is 0 Å². The van der Waals surface area contributed by atoms with Crippen molar-refractivity contribution >= 4 is 22.0 Å². The molecule has 0 heterocycles. The van der Waals surface area contributed by atoms with Gasteiger partial charge in [0.25, 0.3) is 0 Å². The summed E-state index contributed by atoms with van der Waals surface area (Å²) < 4.78 is 6.08. The van der Waals surface area contributed by atoms with E-state index in [0.29, 0.717) is 0 Å². The molecule has 0 aliphatic rings. The number of hydrogen-bond donors (Lipinski definition) is 0. The molecule has 0 N–H and O–H groups in total. The Hall–Kier alpha value is -1.20. The van der Waals surface area contributed by atoms with Gasteiger partial charge in [-0.1, -0.05) is 21.9 Å². The van der Waals surface area contributed by atoms with Crippen LogP contribution >= 0.6 is 15.9 Å². The fraction of sp³-hybridized carbons (Fsp3) is 0.0909. The first-order valence-electron chi connectivity index (χ1n) is 3.73. The van der Waals surface area contributed by atoms with Gasteiger partial charge in [-0.05, 0) is 35.9 Å². The average Bonchev–Trinajstić information content (AvgIpc) is 2.14. The second-order valence-electron chi connectivity index (χ2n) is 2.42. The van der Waals surface area contributed by atoms with E-state index in [-0.39, 0.29) is 0 Å². The normalized spacial score (nSPS) is 9.92. The average molecular weight is 237 g/mol. The van der Waals surface area contributed by atoms with Crippen LogP contribution in [0.1, 0.15) is 5.56 Å². The highest BCUT2D eigenvalue weighted by Gasteiger charge is 1.95. The van der Waals surface area contributed by atoms with E-state index in [0.717, 1.165) is 15.8 Å². The van der Waals surface area contributed by atoms with Crippen molar-refractivity contribution in [2.45, 2.75) is 0 Å². The Bertz CT molecular complexity index is 361. The van der Waals surface area contributed by atoms with Gasteiger partial charge in [0, 0.05) is 4.47 Å². The molecular formula is C11H9BrO.